The van der Waals surface area contributed by atoms with E-state index in [2.05, 4.69) is 26.2 Å². The van der Waals surface area contributed by atoms with Crippen LogP contribution in [-0.4, -0.2) is 10.9 Å². The Balaban J connectivity index is 1.94. The molecule has 0 aliphatic heterocycles. The number of aromatic amines is 1. The number of aryl methyl sites for hydroxylation is 1. The zero-order valence-corrected chi connectivity index (χ0v) is 12.8. The van der Waals surface area contributed by atoms with E-state index >= 15 is 0 Å². The topological polar surface area (TPSA) is 44.9 Å². The van der Waals surface area contributed by atoms with E-state index in [-0.39, 0.29) is 11.7 Å². The summed E-state index contributed by atoms with van der Waals surface area (Å²) >= 11 is 3.39. The average Bonchev–Trinajstić information content (AvgIpc) is 2.84. The predicted molar refractivity (Wildman–Crippen MR) is 85.1 cm³/mol. The molecule has 0 aliphatic carbocycles. The first-order chi connectivity index (χ1) is 10.0. The van der Waals surface area contributed by atoms with Crippen molar-refractivity contribution in [1.82, 2.24) is 4.98 Å². The minimum atomic E-state index is -0.333. The van der Waals surface area contributed by atoms with Gasteiger partial charge >= 0.3 is 0 Å². The van der Waals surface area contributed by atoms with Gasteiger partial charge < -0.3 is 10.3 Å². The SMILES string of the molecule is Cc1cc(Br)ccc1NC(=O)c1c[nH]c2cc(F)ccc12. The number of aromatic nitrogens is 1. The molecule has 106 valence electrons. The molecule has 0 unspecified atom stereocenters. The average molecular weight is 347 g/mol. The van der Waals surface area contributed by atoms with Crippen LogP contribution in [0.15, 0.2) is 47.1 Å². The summed E-state index contributed by atoms with van der Waals surface area (Å²) < 4.78 is 14.1. The molecule has 1 aromatic heterocycles. The Labute approximate surface area is 129 Å². The number of carbonyl (C=O) groups is 1. The fraction of sp³-hybridized carbons (Fsp3) is 0.0625. The van der Waals surface area contributed by atoms with E-state index in [0.29, 0.717) is 16.5 Å². The Bertz CT molecular complexity index is 841. The first-order valence-corrected chi connectivity index (χ1v) is 7.18. The summed E-state index contributed by atoms with van der Waals surface area (Å²) in [7, 11) is 0. The van der Waals surface area contributed by atoms with Gasteiger partial charge in [-0.3, -0.25) is 4.79 Å². The highest BCUT2D eigenvalue weighted by Gasteiger charge is 2.13. The summed E-state index contributed by atoms with van der Waals surface area (Å²) in [6, 6.07) is 9.96. The van der Waals surface area contributed by atoms with Gasteiger partial charge in [-0.1, -0.05) is 15.9 Å². The van der Waals surface area contributed by atoms with Crippen molar-refractivity contribution in [3.63, 3.8) is 0 Å². The van der Waals surface area contributed by atoms with E-state index in [0.717, 1.165) is 15.7 Å². The van der Waals surface area contributed by atoms with Crippen LogP contribution in [0.25, 0.3) is 10.9 Å². The van der Waals surface area contributed by atoms with Crippen LogP contribution in [-0.2, 0) is 0 Å². The molecule has 2 N–H and O–H groups in total. The van der Waals surface area contributed by atoms with Crippen LogP contribution in [0.5, 0.6) is 0 Å². The number of fused-ring (bicyclic) bond motifs is 1. The Kier molecular flexibility index (Phi) is 3.51. The van der Waals surface area contributed by atoms with Gasteiger partial charge in [0.05, 0.1) is 5.56 Å². The number of halogens is 2. The normalized spacial score (nSPS) is 10.8. The van der Waals surface area contributed by atoms with Crippen LogP contribution in [0.3, 0.4) is 0 Å². The Morgan fingerprint density at radius 1 is 1.24 bits per heavy atom. The van der Waals surface area contributed by atoms with E-state index in [9.17, 15) is 9.18 Å². The number of benzene rings is 2. The maximum absolute atomic E-state index is 13.2. The quantitative estimate of drug-likeness (QED) is 0.698. The maximum Gasteiger partial charge on any atom is 0.257 e. The van der Waals surface area contributed by atoms with Gasteiger partial charge in [0.1, 0.15) is 5.82 Å². The molecule has 0 bridgehead atoms. The summed E-state index contributed by atoms with van der Waals surface area (Å²) in [6.07, 6.45) is 1.59. The van der Waals surface area contributed by atoms with Crippen LogP contribution in [0.4, 0.5) is 10.1 Å². The van der Waals surface area contributed by atoms with Gasteiger partial charge in [-0.05, 0) is 48.9 Å². The molecule has 3 nitrogen and oxygen atoms in total. The fourth-order valence-electron chi connectivity index (χ4n) is 2.24. The van der Waals surface area contributed by atoms with Crippen molar-refractivity contribution < 1.29 is 9.18 Å². The zero-order valence-electron chi connectivity index (χ0n) is 11.2. The highest BCUT2D eigenvalue weighted by atomic mass is 79.9. The van der Waals surface area contributed by atoms with E-state index < -0.39 is 0 Å². The fourth-order valence-corrected chi connectivity index (χ4v) is 2.72. The van der Waals surface area contributed by atoms with Crippen molar-refractivity contribution in [1.29, 1.82) is 0 Å². The van der Waals surface area contributed by atoms with Crippen molar-refractivity contribution in [3.05, 3.63) is 64.0 Å². The second-order valence-electron chi connectivity index (χ2n) is 4.81. The smallest absolute Gasteiger partial charge is 0.257 e. The van der Waals surface area contributed by atoms with Gasteiger partial charge in [-0.2, -0.15) is 0 Å². The molecule has 0 radical (unpaired) electrons. The molecule has 1 heterocycles. The van der Waals surface area contributed by atoms with Crippen LogP contribution in [0.2, 0.25) is 0 Å². The van der Waals surface area contributed by atoms with Crippen LogP contribution in [0, 0.1) is 12.7 Å². The number of rotatable bonds is 2. The van der Waals surface area contributed by atoms with Gasteiger partial charge in [-0.25, -0.2) is 4.39 Å². The zero-order chi connectivity index (χ0) is 15.0. The van der Waals surface area contributed by atoms with Gasteiger partial charge in [-0.15, -0.1) is 0 Å². The molecule has 3 aromatic rings. The lowest BCUT2D eigenvalue weighted by atomic mass is 10.1. The third kappa shape index (κ3) is 2.69. The number of hydrogen-bond acceptors (Lipinski definition) is 1. The Morgan fingerprint density at radius 2 is 2.05 bits per heavy atom. The molecule has 3 rings (SSSR count). The third-order valence-electron chi connectivity index (χ3n) is 3.33. The highest BCUT2D eigenvalue weighted by Crippen LogP contribution is 2.23. The lowest BCUT2D eigenvalue weighted by Gasteiger charge is -2.08. The van der Waals surface area contributed by atoms with Gasteiger partial charge in [0.15, 0.2) is 0 Å². The van der Waals surface area contributed by atoms with Crippen LogP contribution >= 0.6 is 15.9 Å². The van der Waals surface area contributed by atoms with Gasteiger partial charge in [0.2, 0.25) is 0 Å². The molecular formula is C16H12BrFN2O. The molecule has 0 saturated carbocycles. The molecule has 0 saturated heterocycles. The second-order valence-corrected chi connectivity index (χ2v) is 5.72. The monoisotopic (exact) mass is 346 g/mol. The summed E-state index contributed by atoms with van der Waals surface area (Å²) in [5.74, 6) is -0.557. The molecule has 0 spiro atoms. The van der Waals surface area contributed by atoms with E-state index in [1.165, 1.54) is 12.1 Å². The number of nitrogens with one attached hydrogen (secondary N) is 2. The lowest BCUT2D eigenvalue weighted by molar-refractivity contribution is 0.102. The largest absolute Gasteiger partial charge is 0.360 e. The minimum Gasteiger partial charge on any atom is -0.360 e. The van der Waals surface area contributed by atoms with Crippen molar-refractivity contribution in [2.45, 2.75) is 6.92 Å². The van der Waals surface area contributed by atoms with Crippen molar-refractivity contribution >= 4 is 38.4 Å². The number of anilines is 1. The number of amides is 1. The maximum atomic E-state index is 13.2. The molecule has 0 fully saturated rings. The first kappa shape index (κ1) is 13.8. The summed E-state index contributed by atoms with van der Waals surface area (Å²) in [4.78, 5) is 15.3. The minimum absolute atomic E-state index is 0.224. The Morgan fingerprint density at radius 3 is 2.81 bits per heavy atom. The highest BCUT2D eigenvalue weighted by molar-refractivity contribution is 9.10. The van der Waals surface area contributed by atoms with Crippen LogP contribution in [0.1, 0.15) is 15.9 Å². The molecule has 1 amide bonds. The lowest BCUT2D eigenvalue weighted by Crippen LogP contribution is -2.12. The standard InChI is InChI=1S/C16H12BrFN2O/c1-9-6-10(17)2-5-14(9)20-16(21)13-8-19-15-7-11(18)3-4-12(13)15/h2-8,19H,1H3,(H,20,21). The van der Waals surface area contributed by atoms with Crippen LogP contribution < -0.4 is 5.32 Å². The van der Waals surface area contributed by atoms with E-state index in [1.54, 1.807) is 12.3 Å². The summed E-state index contributed by atoms with van der Waals surface area (Å²) in [6.45, 7) is 1.92. The van der Waals surface area contributed by atoms with Gasteiger partial charge in [0, 0.05) is 27.3 Å². The molecule has 0 aliphatic rings. The molecule has 0 atom stereocenters. The van der Waals surface area contributed by atoms with Gasteiger partial charge in [0.25, 0.3) is 5.91 Å². The van der Waals surface area contributed by atoms with Crippen molar-refractivity contribution in [3.8, 4) is 0 Å². The number of hydrogen-bond donors (Lipinski definition) is 2. The Hall–Kier alpha value is -2.14. The molecule has 2 aromatic carbocycles. The van der Waals surface area contributed by atoms with Crippen molar-refractivity contribution in [2.24, 2.45) is 0 Å². The van der Waals surface area contributed by atoms with Crippen molar-refractivity contribution in [2.75, 3.05) is 5.32 Å². The summed E-state index contributed by atoms with van der Waals surface area (Å²) in [5.41, 5.74) is 2.81. The van der Waals surface area contributed by atoms with E-state index in [4.69, 9.17) is 0 Å². The third-order valence-corrected chi connectivity index (χ3v) is 3.82. The molecule has 21 heavy (non-hydrogen) atoms. The first-order valence-electron chi connectivity index (χ1n) is 6.39. The van der Waals surface area contributed by atoms with E-state index in [1.807, 2.05) is 25.1 Å². The number of H-pyrrole nitrogens is 1. The second kappa shape index (κ2) is 5.33. The molecule has 5 heteroatoms. The predicted octanol–water partition coefficient (Wildman–Crippen LogP) is 4.63. The number of carbonyl (C=O) groups excluding carboxylic acids is 1. The molecular weight excluding hydrogens is 335 g/mol. The summed E-state index contributed by atoms with van der Waals surface area (Å²) in [5, 5.41) is 3.57.